The van der Waals surface area contributed by atoms with Crippen LogP contribution in [0, 0.1) is 5.92 Å². The van der Waals surface area contributed by atoms with Crippen molar-refractivity contribution in [1.82, 2.24) is 9.80 Å². The van der Waals surface area contributed by atoms with Crippen LogP contribution in [-0.4, -0.2) is 55.0 Å². The van der Waals surface area contributed by atoms with Crippen molar-refractivity contribution in [3.05, 3.63) is 24.3 Å². The third kappa shape index (κ3) is 4.44. The summed E-state index contributed by atoms with van der Waals surface area (Å²) >= 11 is 0. The molecule has 0 bridgehead atoms. The Morgan fingerprint density at radius 1 is 1.10 bits per heavy atom. The Morgan fingerprint density at radius 3 is 2.33 bits per heavy atom. The molecule has 0 unspecified atom stereocenters. The second kappa shape index (κ2) is 6.45. The number of nitrogens with two attached hydrogens (primary N) is 1. The Hall–Kier alpha value is -1.59. The number of amides is 1. The van der Waals surface area contributed by atoms with Crippen molar-refractivity contribution in [2.45, 2.75) is 12.8 Å². The topological polar surface area (TPSA) is 61.6 Å². The van der Waals surface area contributed by atoms with E-state index in [0.717, 1.165) is 37.8 Å². The maximum atomic E-state index is 12.0. The normalized spacial score (nSPS) is 20.4. The zero-order valence-electron chi connectivity index (χ0n) is 12.4. The lowest BCUT2D eigenvalue weighted by atomic mass is 10.2. The monoisotopic (exact) mass is 288 g/mol. The number of nitrogen functional groups attached to an aromatic ring is 1. The van der Waals surface area contributed by atoms with E-state index in [1.54, 1.807) is 12.1 Å². The Labute approximate surface area is 126 Å². The van der Waals surface area contributed by atoms with Gasteiger partial charge in [-0.25, -0.2) is 0 Å². The fourth-order valence-electron chi connectivity index (χ4n) is 2.77. The van der Waals surface area contributed by atoms with Crippen molar-refractivity contribution in [1.29, 1.82) is 0 Å². The maximum absolute atomic E-state index is 12.0. The minimum Gasteiger partial charge on any atom is -0.399 e. The van der Waals surface area contributed by atoms with E-state index in [1.807, 2.05) is 12.1 Å². The summed E-state index contributed by atoms with van der Waals surface area (Å²) in [6, 6.07) is 7.26. The molecule has 1 aliphatic carbocycles. The van der Waals surface area contributed by atoms with Gasteiger partial charge < -0.3 is 16.0 Å². The highest BCUT2D eigenvalue weighted by atomic mass is 16.2. The van der Waals surface area contributed by atoms with Gasteiger partial charge in [0.1, 0.15) is 0 Å². The van der Waals surface area contributed by atoms with Gasteiger partial charge in [-0.3, -0.25) is 9.69 Å². The molecule has 0 aromatic heterocycles. The van der Waals surface area contributed by atoms with E-state index < -0.39 is 0 Å². The summed E-state index contributed by atoms with van der Waals surface area (Å²) in [5.41, 5.74) is 7.15. The molecule has 3 rings (SSSR count). The van der Waals surface area contributed by atoms with Crippen LogP contribution >= 0.6 is 0 Å². The van der Waals surface area contributed by atoms with Crippen molar-refractivity contribution >= 4 is 17.3 Å². The minimum absolute atomic E-state index is 0.0513. The van der Waals surface area contributed by atoms with Gasteiger partial charge in [-0.15, -0.1) is 0 Å². The number of carbonyl (C=O) groups is 1. The van der Waals surface area contributed by atoms with E-state index in [0.29, 0.717) is 12.2 Å². The lowest BCUT2D eigenvalue weighted by Gasteiger charge is -2.34. The average molecular weight is 288 g/mol. The molecule has 0 atom stereocenters. The molecule has 0 radical (unpaired) electrons. The molecule has 1 saturated carbocycles. The fraction of sp³-hybridized carbons (Fsp3) is 0.562. The summed E-state index contributed by atoms with van der Waals surface area (Å²) in [6.07, 6.45) is 2.81. The summed E-state index contributed by atoms with van der Waals surface area (Å²) in [4.78, 5) is 16.8. The number of benzene rings is 1. The van der Waals surface area contributed by atoms with Crippen LogP contribution in [0.4, 0.5) is 11.4 Å². The number of nitrogens with one attached hydrogen (secondary N) is 1. The van der Waals surface area contributed by atoms with Crippen LogP contribution in [0.3, 0.4) is 0 Å². The van der Waals surface area contributed by atoms with E-state index in [9.17, 15) is 4.79 Å². The van der Waals surface area contributed by atoms with E-state index in [-0.39, 0.29) is 5.91 Å². The van der Waals surface area contributed by atoms with Crippen LogP contribution in [0.1, 0.15) is 12.8 Å². The number of piperazine rings is 1. The van der Waals surface area contributed by atoms with Crippen molar-refractivity contribution in [3.8, 4) is 0 Å². The molecule has 2 fully saturated rings. The number of anilines is 2. The molecule has 114 valence electrons. The molecule has 1 heterocycles. The summed E-state index contributed by atoms with van der Waals surface area (Å²) < 4.78 is 0. The van der Waals surface area contributed by atoms with E-state index in [2.05, 4.69) is 15.1 Å². The first-order valence-corrected chi connectivity index (χ1v) is 7.79. The molecule has 1 amide bonds. The summed E-state index contributed by atoms with van der Waals surface area (Å²) in [5, 5.41) is 2.92. The summed E-state index contributed by atoms with van der Waals surface area (Å²) in [6.45, 7) is 5.88. The predicted molar refractivity (Wildman–Crippen MR) is 85.1 cm³/mol. The van der Waals surface area contributed by atoms with Gasteiger partial charge in [-0.05, 0) is 43.0 Å². The van der Waals surface area contributed by atoms with Crippen LogP contribution in [0.15, 0.2) is 24.3 Å². The third-order valence-electron chi connectivity index (χ3n) is 4.24. The molecule has 2 aliphatic rings. The van der Waals surface area contributed by atoms with Crippen molar-refractivity contribution < 1.29 is 4.79 Å². The van der Waals surface area contributed by atoms with Crippen molar-refractivity contribution in [2.24, 2.45) is 5.92 Å². The van der Waals surface area contributed by atoms with E-state index in [1.165, 1.54) is 19.4 Å². The Kier molecular flexibility index (Phi) is 4.41. The molecule has 1 aliphatic heterocycles. The summed E-state index contributed by atoms with van der Waals surface area (Å²) in [7, 11) is 0. The van der Waals surface area contributed by atoms with Crippen LogP contribution in [0.5, 0.6) is 0 Å². The van der Waals surface area contributed by atoms with Crippen LogP contribution < -0.4 is 11.1 Å². The van der Waals surface area contributed by atoms with Crippen LogP contribution in [0.2, 0.25) is 0 Å². The molecule has 5 nitrogen and oxygen atoms in total. The molecule has 1 aromatic rings. The first kappa shape index (κ1) is 14.4. The zero-order valence-corrected chi connectivity index (χ0v) is 12.4. The van der Waals surface area contributed by atoms with Gasteiger partial charge in [0.2, 0.25) is 5.91 Å². The van der Waals surface area contributed by atoms with Crippen molar-refractivity contribution in [2.75, 3.05) is 50.3 Å². The zero-order chi connectivity index (χ0) is 14.7. The molecule has 5 heteroatoms. The Bertz CT molecular complexity index is 476. The fourth-order valence-corrected chi connectivity index (χ4v) is 2.77. The van der Waals surface area contributed by atoms with Gasteiger partial charge >= 0.3 is 0 Å². The number of carbonyl (C=O) groups excluding carboxylic acids is 1. The number of rotatable bonds is 5. The van der Waals surface area contributed by atoms with Gasteiger partial charge in [-0.2, -0.15) is 0 Å². The predicted octanol–water partition coefficient (Wildman–Crippen LogP) is 1.23. The van der Waals surface area contributed by atoms with Crippen LogP contribution in [0.25, 0.3) is 0 Å². The Morgan fingerprint density at radius 2 is 1.71 bits per heavy atom. The number of hydrogen-bond donors (Lipinski definition) is 2. The van der Waals surface area contributed by atoms with E-state index >= 15 is 0 Å². The van der Waals surface area contributed by atoms with Gasteiger partial charge in [0.15, 0.2) is 0 Å². The SMILES string of the molecule is Nc1ccc(NC(=O)CN2CCN(CC3CC3)CC2)cc1. The molecule has 0 spiro atoms. The second-order valence-electron chi connectivity index (χ2n) is 6.19. The average Bonchev–Trinajstić information content (AvgIpc) is 3.28. The van der Waals surface area contributed by atoms with Gasteiger partial charge in [0, 0.05) is 44.1 Å². The first-order valence-electron chi connectivity index (χ1n) is 7.79. The minimum atomic E-state index is 0.0513. The highest BCUT2D eigenvalue weighted by Gasteiger charge is 2.26. The van der Waals surface area contributed by atoms with Gasteiger partial charge in [0.25, 0.3) is 0 Å². The first-order chi connectivity index (χ1) is 10.2. The lowest BCUT2D eigenvalue weighted by Crippen LogP contribution is -2.49. The molecule has 1 aromatic carbocycles. The lowest BCUT2D eigenvalue weighted by molar-refractivity contribution is -0.117. The molecular formula is C16H24N4O. The summed E-state index contributed by atoms with van der Waals surface area (Å²) in [5.74, 6) is 1.00. The van der Waals surface area contributed by atoms with Gasteiger partial charge in [0.05, 0.1) is 6.54 Å². The van der Waals surface area contributed by atoms with Gasteiger partial charge in [-0.1, -0.05) is 0 Å². The smallest absolute Gasteiger partial charge is 0.238 e. The largest absolute Gasteiger partial charge is 0.399 e. The number of hydrogen-bond acceptors (Lipinski definition) is 4. The highest BCUT2D eigenvalue weighted by Crippen LogP contribution is 2.29. The molecule has 3 N–H and O–H groups in total. The maximum Gasteiger partial charge on any atom is 0.238 e. The Balaban J connectivity index is 1.39. The van der Waals surface area contributed by atoms with Crippen LogP contribution in [-0.2, 0) is 4.79 Å². The van der Waals surface area contributed by atoms with E-state index in [4.69, 9.17) is 5.73 Å². The second-order valence-corrected chi connectivity index (χ2v) is 6.19. The highest BCUT2D eigenvalue weighted by molar-refractivity contribution is 5.92. The molecular weight excluding hydrogens is 264 g/mol. The quantitative estimate of drug-likeness (QED) is 0.800. The molecule has 1 saturated heterocycles. The molecule has 21 heavy (non-hydrogen) atoms. The van der Waals surface area contributed by atoms with Crippen molar-refractivity contribution in [3.63, 3.8) is 0 Å². The third-order valence-corrected chi connectivity index (χ3v) is 4.24. The number of nitrogens with zero attached hydrogens (tertiary/aromatic N) is 2. The standard InChI is InChI=1S/C16H24N4O/c17-14-3-5-15(6-4-14)18-16(21)12-20-9-7-19(8-10-20)11-13-1-2-13/h3-6,13H,1-2,7-12,17H2,(H,18,21).